The number of hydrogen-bond acceptors (Lipinski definition) is 3. The Hall–Kier alpha value is -0.0300. The maximum absolute atomic E-state index is 6.12. The van der Waals surface area contributed by atoms with Crippen LogP contribution in [0.1, 0.15) is 24.5 Å². The smallest absolute Gasteiger partial charge is 0.0952 e. The summed E-state index contributed by atoms with van der Waals surface area (Å²) in [7, 11) is 0. The van der Waals surface area contributed by atoms with Gasteiger partial charge in [-0.1, -0.05) is 29.3 Å². The van der Waals surface area contributed by atoms with E-state index in [1.807, 2.05) is 18.2 Å². The number of ether oxygens (including phenoxy) is 1. The van der Waals surface area contributed by atoms with E-state index in [9.17, 15) is 0 Å². The highest BCUT2D eigenvalue weighted by atomic mass is 35.5. The molecule has 2 aliphatic rings. The van der Waals surface area contributed by atoms with Crippen molar-refractivity contribution in [1.82, 2.24) is 10.2 Å². The fraction of sp³-hybridized carbons (Fsp3) is 0.625. The number of piperidine rings is 1. The highest BCUT2D eigenvalue weighted by molar-refractivity contribution is 6.42. The van der Waals surface area contributed by atoms with Crippen LogP contribution in [0.15, 0.2) is 18.2 Å². The molecule has 1 aromatic rings. The molecule has 2 aliphatic heterocycles. The lowest BCUT2D eigenvalue weighted by Gasteiger charge is -2.36. The molecule has 0 aromatic heterocycles. The lowest BCUT2D eigenvalue weighted by Crippen LogP contribution is -2.43. The van der Waals surface area contributed by atoms with Crippen LogP contribution in [-0.2, 0) is 4.74 Å². The minimum absolute atomic E-state index is 0. The maximum atomic E-state index is 6.12. The van der Waals surface area contributed by atoms with E-state index in [4.69, 9.17) is 27.9 Å². The summed E-state index contributed by atoms with van der Waals surface area (Å²) in [6, 6.07) is 5.81. The molecule has 0 amide bonds. The average molecular weight is 366 g/mol. The zero-order valence-corrected chi connectivity index (χ0v) is 14.9. The SMILES string of the molecule is Cl.Clc1ccc(C2CN(CC3CCNCC3)CCO2)cc1Cl. The summed E-state index contributed by atoms with van der Waals surface area (Å²) in [5.41, 5.74) is 1.12. The van der Waals surface area contributed by atoms with Gasteiger partial charge in [-0.15, -0.1) is 12.4 Å². The second-order valence-corrected chi connectivity index (χ2v) is 6.80. The lowest BCUT2D eigenvalue weighted by atomic mass is 9.97. The van der Waals surface area contributed by atoms with Gasteiger partial charge in [0.1, 0.15) is 0 Å². The van der Waals surface area contributed by atoms with E-state index >= 15 is 0 Å². The number of morpholine rings is 1. The van der Waals surface area contributed by atoms with Crippen LogP contribution in [0.5, 0.6) is 0 Å². The molecule has 1 unspecified atom stereocenters. The standard InChI is InChI=1S/C16H22Cl2N2O.ClH/c17-14-2-1-13(9-15(14)18)16-11-20(7-8-21-16)10-12-3-5-19-6-4-12;/h1-2,9,12,16,19H,3-8,10-11H2;1H. The van der Waals surface area contributed by atoms with E-state index in [0.717, 1.165) is 44.3 Å². The van der Waals surface area contributed by atoms with Gasteiger partial charge in [0, 0.05) is 19.6 Å². The molecule has 0 radical (unpaired) electrons. The van der Waals surface area contributed by atoms with Gasteiger partial charge in [0.2, 0.25) is 0 Å². The van der Waals surface area contributed by atoms with Crippen LogP contribution in [0, 0.1) is 5.92 Å². The zero-order chi connectivity index (χ0) is 14.7. The van der Waals surface area contributed by atoms with Gasteiger partial charge in [-0.3, -0.25) is 4.90 Å². The fourth-order valence-corrected chi connectivity index (χ4v) is 3.52. The van der Waals surface area contributed by atoms with Crippen LogP contribution in [-0.4, -0.2) is 44.2 Å². The van der Waals surface area contributed by atoms with E-state index in [-0.39, 0.29) is 18.5 Å². The van der Waals surface area contributed by atoms with Crippen molar-refractivity contribution in [3.05, 3.63) is 33.8 Å². The molecule has 1 N–H and O–H groups in total. The van der Waals surface area contributed by atoms with Gasteiger partial charge >= 0.3 is 0 Å². The predicted molar refractivity (Wildman–Crippen MR) is 94.4 cm³/mol. The highest BCUT2D eigenvalue weighted by Crippen LogP contribution is 2.29. The molecule has 3 rings (SSSR count). The van der Waals surface area contributed by atoms with Crippen molar-refractivity contribution in [3.8, 4) is 0 Å². The Labute approximate surface area is 148 Å². The van der Waals surface area contributed by atoms with E-state index in [2.05, 4.69) is 10.2 Å². The highest BCUT2D eigenvalue weighted by Gasteiger charge is 2.25. The minimum Gasteiger partial charge on any atom is -0.371 e. The molecule has 2 saturated heterocycles. The van der Waals surface area contributed by atoms with Crippen LogP contribution in [0.2, 0.25) is 10.0 Å². The van der Waals surface area contributed by atoms with E-state index < -0.39 is 0 Å². The summed E-state index contributed by atoms with van der Waals surface area (Å²) in [4.78, 5) is 2.53. The topological polar surface area (TPSA) is 24.5 Å². The zero-order valence-electron chi connectivity index (χ0n) is 12.6. The Kier molecular flexibility index (Phi) is 7.26. The molecular weight excluding hydrogens is 343 g/mol. The van der Waals surface area contributed by atoms with Gasteiger partial charge in [0.25, 0.3) is 0 Å². The van der Waals surface area contributed by atoms with Crippen molar-refractivity contribution in [2.45, 2.75) is 18.9 Å². The predicted octanol–water partition coefficient (Wildman–Crippen LogP) is 3.79. The largest absolute Gasteiger partial charge is 0.371 e. The molecule has 124 valence electrons. The van der Waals surface area contributed by atoms with E-state index in [0.29, 0.717) is 10.0 Å². The van der Waals surface area contributed by atoms with Crippen molar-refractivity contribution in [2.75, 3.05) is 39.3 Å². The first-order chi connectivity index (χ1) is 10.2. The molecule has 1 aromatic carbocycles. The van der Waals surface area contributed by atoms with Crippen LogP contribution < -0.4 is 5.32 Å². The van der Waals surface area contributed by atoms with Crippen molar-refractivity contribution in [3.63, 3.8) is 0 Å². The molecular formula is C16H23Cl3N2O. The van der Waals surface area contributed by atoms with E-state index in [1.54, 1.807) is 0 Å². The summed E-state index contributed by atoms with van der Waals surface area (Å²) >= 11 is 12.1. The Bertz CT molecular complexity index is 480. The lowest BCUT2D eigenvalue weighted by molar-refractivity contribution is -0.0356. The Morgan fingerprint density at radius 1 is 1.18 bits per heavy atom. The summed E-state index contributed by atoms with van der Waals surface area (Å²) in [5, 5.41) is 4.63. The summed E-state index contributed by atoms with van der Waals surface area (Å²) in [6.45, 7) is 6.26. The number of rotatable bonds is 3. The number of benzene rings is 1. The van der Waals surface area contributed by atoms with Crippen LogP contribution in [0.25, 0.3) is 0 Å². The average Bonchev–Trinajstić information content (AvgIpc) is 2.51. The minimum atomic E-state index is 0. The maximum Gasteiger partial charge on any atom is 0.0952 e. The second-order valence-electron chi connectivity index (χ2n) is 5.99. The third-order valence-corrected chi connectivity index (χ3v) is 5.18. The van der Waals surface area contributed by atoms with Gasteiger partial charge in [-0.05, 0) is 49.5 Å². The Morgan fingerprint density at radius 3 is 2.68 bits per heavy atom. The molecule has 0 saturated carbocycles. The molecule has 1 atom stereocenters. The van der Waals surface area contributed by atoms with Crippen LogP contribution in [0.3, 0.4) is 0 Å². The number of nitrogens with zero attached hydrogens (tertiary/aromatic N) is 1. The van der Waals surface area contributed by atoms with Crippen molar-refractivity contribution in [1.29, 1.82) is 0 Å². The molecule has 2 fully saturated rings. The van der Waals surface area contributed by atoms with Crippen molar-refractivity contribution < 1.29 is 4.74 Å². The monoisotopic (exact) mass is 364 g/mol. The van der Waals surface area contributed by atoms with Gasteiger partial charge < -0.3 is 10.1 Å². The number of halogens is 3. The quantitative estimate of drug-likeness (QED) is 0.882. The molecule has 0 spiro atoms. The van der Waals surface area contributed by atoms with Crippen LogP contribution >= 0.6 is 35.6 Å². The summed E-state index contributed by atoms with van der Waals surface area (Å²) < 4.78 is 5.92. The van der Waals surface area contributed by atoms with Crippen molar-refractivity contribution >= 4 is 35.6 Å². The first kappa shape index (κ1) is 18.3. The van der Waals surface area contributed by atoms with E-state index in [1.165, 1.54) is 19.4 Å². The first-order valence-electron chi connectivity index (χ1n) is 7.72. The third kappa shape index (κ3) is 4.73. The van der Waals surface area contributed by atoms with Crippen molar-refractivity contribution in [2.24, 2.45) is 5.92 Å². The number of nitrogens with one attached hydrogen (secondary N) is 1. The molecule has 0 aliphatic carbocycles. The molecule has 3 nitrogen and oxygen atoms in total. The van der Waals surface area contributed by atoms with Gasteiger partial charge in [0.15, 0.2) is 0 Å². The molecule has 0 bridgehead atoms. The van der Waals surface area contributed by atoms with Gasteiger partial charge in [-0.25, -0.2) is 0 Å². The number of hydrogen-bond donors (Lipinski definition) is 1. The third-order valence-electron chi connectivity index (χ3n) is 4.44. The summed E-state index contributed by atoms with van der Waals surface area (Å²) in [6.07, 6.45) is 2.68. The molecule has 22 heavy (non-hydrogen) atoms. The molecule has 2 heterocycles. The fourth-order valence-electron chi connectivity index (χ4n) is 3.21. The van der Waals surface area contributed by atoms with Crippen LogP contribution in [0.4, 0.5) is 0 Å². The first-order valence-corrected chi connectivity index (χ1v) is 8.47. The van der Waals surface area contributed by atoms with Gasteiger partial charge in [0.05, 0.1) is 22.8 Å². The second kappa shape index (κ2) is 8.72. The van der Waals surface area contributed by atoms with Gasteiger partial charge in [-0.2, -0.15) is 0 Å². The Balaban J connectivity index is 0.00000176. The summed E-state index contributed by atoms with van der Waals surface area (Å²) in [5.74, 6) is 0.818. The molecule has 6 heteroatoms. The normalized spacial score (nSPS) is 24.0. The Morgan fingerprint density at radius 2 is 1.95 bits per heavy atom.